The summed E-state index contributed by atoms with van der Waals surface area (Å²) in [7, 11) is 0. The molecule has 3 N–H and O–H groups in total. The topological polar surface area (TPSA) is 73.8 Å². The molecule has 24 heavy (non-hydrogen) atoms. The highest BCUT2D eigenvalue weighted by Gasteiger charge is 2.15. The van der Waals surface area contributed by atoms with Gasteiger partial charge in [0.2, 0.25) is 0 Å². The van der Waals surface area contributed by atoms with Crippen LogP contribution in [0.4, 0.5) is 10.5 Å². The highest BCUT2D eigenvalue weighted by atomic mass is 16.5. The standard InChI is InChI=1S/C18H29N3O3/c1-14(2)17(7-10-22)20-18(23)19-16-5-3-15(4-6-16)13-21-8-11-24-12-9-21/h3-6,14,17,22H,7-13H2,1-2H3,(H2,19,20,23)/t17-/m0/s1. The molecule has 1 atom stereocenters. The van der Waals surface area contributed by atoms with E-state index >= 15 is 0 Å². The largest absolute Gasteiger partial charge is 0.396 e. The average molecular weight is 335 g/mol. The summed E-state index contributed by atoms with van der Waals surface area (Å²) in [5.41, 5.74) is 1.99. The van der Waals surface area contributed by atoms with E-state index in [1.807, 2.05) is 38.1 Å². The van der Waals surface area contributed by atoms with Crippen LogP contribution in [0.1, 0.15) is 25.8 Å². The van der Waals surface area contributed by atoms with Crippen molar-refractivity contribution < 1.29 is 14.6 Å². The molecule has 2 amide bonds. The van der Waals surface area contributed by atoms with E-state index < -0.39 is 0 Å². The Hall–Kier alpha value is -1.63. The third kappa shape index (κ3) is 6.11. The van der Waals surface area contributed by atoms with E-state index in [2.05, 4.69) is 15.5 Å². The van der Waals surface area contributed by atoms with Crippen LogP contribution in [0.5, 0.6) is 0 Å². The Morgan fingerprint density at radius 2 is 1.92 bits per heavy atom. The molecule has 1 aliphatic heterocycles. The minimum atomic E-state index is -0.233. The van der Waals surface area contributed by atoms with Crippen molar-refractivity contribution >= 4 is 11.7 Å². The first kappa shape index (κ1) is 18.7. The molecule has 0 saturated carbocycles. The Morgan fingerprint density at radius 1 is 1.25 bits per heavy atom. The third-order valence-corrected chi connectivity index (χ3v) is 4.28. The molecule has 1 fully saturated rings. The molecule has 0 aliphatic carbocycles. The molecule has 0 bridgehead atoms. The number of anilines is 1. The van der Waals surface area contributed by atoms with Gasteiger partial charge in [0.25, 0.3) is 0 Å². The average Bonchev–Trinajstić information content (AvgIpc) is 2.57. The zero-order chi connectivity index (χ0) is 17.4. The SMILES string of the molecule is CC(C)[C@H](CCO)NC(=O)Nc1ccc(CN2CCOCC2)cc1. The van der Waals surface area contributed by atoms with Gasteiger partial charge in [-0.1, -0.05) is 26.0 Å². The number of carbonyl (C=O) groups is 1. The van der Waals surface area contributed by atoms with Crippen LogP contribution < -0.4 is 10.6 Å². The van der Waals surface area contributed by atoms with Gasteiger partial charge in [-0.25, -0.2) is 4.79 Å². The molecule has 1 saturated heterocycles. The van der Waals surface area contributed by atoms with Gasteiger partial charge in [-0.05, 0) is 30.0 Å². The Bertz CT molecular complexity index is 499. The van der Waals surface area contributed by atoms with Crippen molar-refractivity contribution in [3.05, 3.63) is 29.8 Å². The summed E-state index contributed by atoms with van der Waals surface area (Å²) in [5.74, 6) is 0.277. The molecule has 134 valence electrons. The minimum Gasteiger partial charge on any atom is -0.396 e. The van der Waals surface area contributed by atoms with E-state index in [-0.39, 0.29) is 24.6 Å². The van der Waals surface area contributed by atoms with Gasteiger partial charge in [0.1, 0.15) is 0 Å². The number of hydrogen-bond acceptors (Lipinski definition) is 4. The molecule has 0 unspecified atom stereocenters. The van der Waals surface area contributed by atoms with Crippen LogP contribution in [0.25, 0.3) is 0 Å². The van der Waals surface area contributed by atoms with Crippen molar-refractivity contribution in [2.24, 2.45) is 5.92 Å². The Labute approximate surface area is 144 Å². The lowest BCUT2D eigenvalue weighted by molar-refractivity contribution is 0.0342. The molecule has 6 heteroatoms. The van der Waals surface area contributed by atoms with Crippen LogP contribution in [0.3, 0.4) is 0 Å². The number of aliphatic hydroxyl groups is 1. The number of ether oxygens (including phenoxy) is 1. The van der Waals surface area contributed by atoms with Crippen LogP contribution in [0, 0.1) is 5.92 Å². The lowest BCUT2D eigenvalue weighted by atomic mass is 10.0. The molecule has 1 aromatic carbocycles. The van der Waals surface area contributed by atoms with Gasteiger partial charge in [0.15, 0.2) is 0 Å². The molecule has 1 aromatic rings. The third-order valence-electron chi connectivity index (χ3n) is 4.28. The van der Waals surface area contributed by atoms with Gasteiger partial charge in [-0.15, -0.1) is 0 Å². The molecule has 6 nitrogen and oxygen atoms in total. The first-order valence-electron chi connectivity index (χ1n) is 8.66. The first-order chi connectivity index (χ1) is 11.6. The van der Waals surface area contributed by atoms with Gasteiger partial charge in [-0.2, -0.15) is 0 Å². The molecule has 1 aliphatic rings. The fourth-order valence-corrected chi connectivity index (χ4v) is 2.76. The fourth-order valence-electron chi connectivity index (χ4n) is 2.76. The van der Waals surface area contributed by atoms with Gasteiger partial charge in [0.05, 0.1) is 13.2 Å². The maximum Gasteiger partial charge on any atom is 0.319 e. The molecule has 0 radical (unpaired) electrons. The predicted molar refractivity (Wildman–Crippen MR) is 95.0 cm³/mol. The maximum atomic E-state index is 12.1. The number of benzene rings is 1. The molecule has 0 spiro atoms. The van der Waals surface area contributed by atoms with Crippen molar-refractivity contribution in [3.63, 3.8) is 0 Å². The maximum absolute atomic E-state index is 12.1. The van der Waals surface area contributed by atoms with E-state index in [0.29, 0.717) is 6.42 Å². The quantitative estimate of drug-likeness (QED) is 0.713. The summed E-state index contributed by atoms with van der Waals surface area (Å²) in [6.45, 7) is 8.55. The van der Waals surface area contributed by atoms with E-state index in [1.165, 1.54) is 5.56 Å². The Kier molecular flexibility index (Phi) is 7.49. The summed E-state index contributed by atoms with van der Waals surface area (Å²) in [4.78, 5) is 14.4. The minimum absolute atomic E-state index is 0.0319. The number of amides is 2. The van der Waals surface area contributed by atoms with Crippen molar-refractivity contribution in [1.29, 1.82) is 0 Å². The van der Waals surface area contributed by atoms with Gasteiger partial charge in [-0.3, -0.25) is 4.90 Å². The van der Waals surface area contributed by atoms with Crippen molar-refractivity contribution in [2.45, 2.75) is 32.9 Å². The van der Waals surface area contributed by atoms with Crippen LogP contribution in [0.15, 0.2) is 24.3 Å². The second kappa shape index (κ2) is 9.61. The first-order valence-corrected chi connectivity index (χ1v) is 8.66. The van der Waals surface area contributed by atoms with Crippen LogP contribution in [0.2, 0.25) is 0 Å². The fraction of sp³-hybridized carbons (Fsp3) is 0.611. The van der Waals surface area contributed by atoms with Gasteiger partial charge in [0, 0.05) is 38.0 Å². The summed E-state index contributed by atoms with van der Waals surface area (Å²) in [6.07, 6.45) is 0.559. The lowest BCUT2D eigenvalue weighted by Crippen LogP contribution is -2.41. The molecular formula is C18H29N3O3. The zero-order valence-corrected chi connectivity index (χ0v) is 14.6. The van der Waals surface area contributed by atoms with Gasteiger partial charge < -0.3 is 20.5 Å². The number of urea groups is 1. The lowest BCUT2D eigenvalue weighted by Gasteiger charge is -2.26. The molecule has 1 heterocycles. The summed E-state index contributed by atoms with van der Waals surface area (Å²) in [6, 6.07) is 7.66. The number of carbonyl (C=O) groups excluding carboxylic acids is 1. The second-order valence-corrected chi connectivity index (χ2v) is 6.55. The van der Waals surface area contributed by atoms with Crippen molar-refractivity contribution in [3.8, 4) is 0 Å². The van der Waals surface area contributed by atoms with E-state index in [4.69, 9.17) is 9.84 Å². The van der Waals surface area contributed by atoms with Gasteiger partial charge >= 0.3 is 6.03 Å². The highest BCUT2D eigenvalue weighted by Crippen LogP contribution is 2.13. The number of nitrogens with zero attached hydrogens (tertiary/aromatic N) is 1. The smallest absolute Gasteiger partial charge is 0.319 e. The predicted octanol–water partition coefficient (Wildman–Crippen LogP) is 2.05. The van der Waals surface area contributed by atoms with Crippen molar-refractivity contribution in [1.82, 2.24) is 10.2 Å². The zero-order valence-electron chi connectivity index (χ0n) is 14.6. The van der Waals surface area contributed by atoms with E-state index in [1.54, 1.807) is 0 Å². The van der Waals surface area contributed by atoms with E-state index in [9.17, 15) is 4.79 Å². The number of morpholine rings is 1. The monoisotopic (exact) mass is 335 g/mol. The normalized spacial score (nSPS) is 16.8. The molecule has 2 rings (SSSR count). The van der Waals surface area contributed by atoms with E-state index in [0.717, 1.165) is 38.5 Å². The summed E-state index contributed by atoms with van der Waals surface area (Å²) in [5, 5.41) is 14.8. The second-order valence-electron chi connectivity index (χ2n) is 6.55. The molecular weight excluding hydrogens is 306 g/mol. The summed E-state index contributed by atoms with van der Waals surface area (Å²) >= 11 is 0. The van der Waals surface area contributed by atoms with Crippen LogP contribution in [-0.4, -0.2) is 55.0 Å². The Balaban J connectivity index is 1.82. The Morgan fingerprint density at radius 3 is 2.50 bits per heavy atom. The number of rotatable bonds is 7. The highest BCUT2D eigenvalue weighted by molar-refractivity contribution is 5.89. The summed E-state index contributed by atoms with van der Waals surface area (Å²) < 4.78 is 5.35. The molecule has 0 aromatic heterocycles. The number of aliphatic hydroxyl groups excluding tert-OH is 1. The number of hydrogen-bond donors (Lipinski definition) is 3. The number of nitrogens with one attached hydrogen (secondary N) is 2. The van der Waals surface area contributed by atoms with Crippen LogP contribution >= 0.6 is 0 Å². The van der Waals surface area contributed by atoms with Crippen molar-refractivity contribution in [2.75, 3.05) is 38.2 Å². The van der Waals surface area contributed by atoms with Crippen LogP contribution in [-0.2, 0) is 11.3 Å².